The summed E-state index contributed by atoms with van der Waals surface area (Å²) in [7, 11) is 1.25. The highest BCUT2D eigenvalue weighted by Gasteiger charge is 2.11. The predicted molar refractivity (Wildman–Crippen MR) is 58.0 cm³/mol. The molecule has 0 bridgehead atoms. The molecule has 3 nitrogen and oxygen atoms in total. The minimum absolute atomic E-state index is 0.106. The molecule has 0 saturated carbocycles. The third-order valence-electron chi connectivity index (χ3n) is 1.24. The topological polar surface area (TPSA) is 46.5 Å². The van der Waals surface area contributed by atoms with Gasteiger partial charge in [-0.3, -0.25) is 0 Å². The number of hydrogen-bond acceptors (Lipinski definition) is 3. The quantitative estimate of drug-likeness (QED) is 0.328. The number of methoxy groups -OCH3 is 1. The molecule has 0 amide bonds. The monoisotopic (exact) mass is 198 g/mol. The van der Waals surface area contributed by atoms with E-state index in [0.29, 0.717) is 0 Å². The summed E-state index contributed by atoms with van der Waals surface area (Å²) in [5.41, 5.74) is 0.106. The Morgan fingerprint density at radius 2 is 1.93 bits per heavy atom. The van der Waals surface area contributed by atoms with Gasteiger partial charge in [0.2, 0.25) is 0 Å². The lowest BCUT2D eigenvalue weighted by Crippen LogP contribution is -2.06. The van der Waals surface area contributed by atoms with E-state index >= 15 is 0 Å². The van der Waals surface area contributed by atoms with Crippen LogP contribution in [-0.2, 0) is 9.53 Å². The van der Waals surface area contributed by atoms with Gasteiger partial charge in [0.15, 0.2) is 0 Å². The first-order valence-electron chi connectivity index (χ1n) is 4.44. The van der Waals surface area contributed by atoms with Crippen LogP contribution in [0.1, 0.15) is 20.8 Å². The van der Waals surface area contributed by atoms with Crippen molar-refractivity contribution in [2.75, 3.05) is 7.11 Å². The third-order valence-corrected chi connectivity index (χ3v) is 1.24. The van der Waals surface area contributed by atoms with Crippen LogP contribution in [0.25, 0.3) is 0 Å². The van der Waals surface area contributed by atoms with Crippen LogP contribution >= 0.6 is 0 Å². The molecular formula is C11H18O3. The summed E-state index contributed by atoms with van der Waals surface area (Å²) in [6, 6.07) is 0. The van der Waals surface area contributed by atoms with E-state index in [0.717, 1.165) is 0 Å². The molecule has 0 aromatic heterocycles. The molecule has 0 aliphatic rings. The number of allylic oxidation sites excluding steroid dienone is 3. The lowest BCUT2D eigenvalue weighted by atomic mass is 10.2. The number of aliphatic hydroxyl groups excluding tert-OH is 1. The standard InChI is InChI=1S/C9H12O3.C2H6/c1-4-6-7(8(10)5-2)9(11)12-3;1-2/h4-6,10H,1H2,2-3H3;1-2H3/b7-6+,8-5+;. The van der Waals surface area contributed by atoms with E-state index in [1.54, 1.807) is 6.92 Å². The van der Waals surface area contributed by atoms with Crippen molar-refractivity contribution in [1.82, 2.24) is 0 Å². The molecule has 0 aromatic rings. The van der Waals surface area contributed by atoms with Crippen molar-refractivity contribution < 1.29 is 14.6 Å². The van der Waals surface area contributed by atoms with E-state index in [1.165, 1.54) is 25.3 Å². The van der Waals surface area contributed by atoms with Crippen molar-refractivity contribution in [2.45, 2.75) is 20.8 Å². The molecule has 0 rings (SSSR count). The summed E-state index contributed by atoms with van der Waals surface area (Å²) in [6.45, 7) is 9.03. The third kappa shape index (κ3) is 5.19. The second kappa shape index (κ2) is 9.58. The Labute approximate surface area is 85.4 Å². The highest BCUT2D eigenvalue weighted by atomic mass is 16.5. The summed E-state index contributed by atoms with van der Waals surface area (Å²) >= 11 is 0. The minimum atomic E-state index is -0.578. The Balaban J connectivity index is 0. The number of ether oxygens (including phenoxy) is 1. The molecule has 14 heavy (non-hydrogen) atoms. The van der Waals surface area contributed by atoms with E-state index in [2.05, 4.69) is 11.3 Å². The smallest absolute Gasteiger partial charge is 0.341 e. The number of rotatable bonds is 3. The SMILES string of the molecule is C=C/C=C(C(=O)OC)\C(O)=C/C.CC. The summed E-state index contributed by atoms with van der Waals surface area (Å²) in [5.74, 6) is -0.688. The van der Waals surface area contributed by atoms with Crippen LogP contribution in [0.2, 0.25) is 0 Å². The molecule has 0 saturated heterocycles. The second-order valence-electron chi connectivity index (χ2n) is 1.98. The lowest BCUT2D eigenvalue weighted by Gasteiger charge is -2.01. The van der Waals surface area contributed by atoms with Gasteiger partial charge in [-0.1, -0.05) is 26.5 Å². The lowest BCUT2D eigenvalue weighted by molar-refractivity contribution is -0.136. The largest absolute Gasteiger partial charge is 0.507 e. The Morgan fingerprint density at radius 3 is 2.21 bits per heavy atom. The zero-order valence-corrected chi connectivity index (χ0v) is 9.20. The molecule has 0 aromatic carbocycles. The predicted octanol–water partition coefficient (Wildman–Crippen LogP) is 2.76. The zero-order valence-electron chi connectivity index (χ0n) is 9.20. The van der Waals surface area contributed by atoms with E-state index in [9.17, 15) is 9.90 Å². The number of esters is 1. The molecule has 0 radical (unpaired) electrons. The van der Waals surface area contributed by atoms with Gasteiger partial charge in [0.1, 0.15) is 11.3 Å². The summed E-state index contributed by atoms with van der Waals surface area (Å²) in [5, 5.41) is 9.19. The average Bonchev–Trinajstić information content (AvgIpc) is 2.26. The molecule has 80 valence electrons. The average molecular weight is 198 g/mol. The van der Waals surface area contributed by atoms with Crippen LogP contribution in [0.3, 0.4) is 0 Å². The van der Waals surface area contributed by atoms with Gasteiger partial charge in [-0.2, -0.15) is 0 Å². The molecule has 0 fully saturated rings. The van der Waals surface area contributed by atoms with Crippen LogP contribution in [0, 0.1) is 0 Å². The highest BCUT2D eigenvalue weighted by molar-refractivity contribution is 5.92. The first-order chi connectivity index (χ1) is 6.67. The molecular weight excluding hydrogens is 180 g/mol. The Morgan fingerprint density at radius 1 is 1.43 bits per heavy atom. The van der Waals surface area contributed by atoms with Crippen molar-refractivity contribution in [3.8, 4) is 0 Å². The maximum Gasteiger partial charge on any atom is 0.341 e. The first kappa shape index (κ1) is 15.0. The second-order valence-corrected chi connectivity index (χ2v) is 1.98. The molecule has 0 heterocycles. The minimum Gasteiger partial charge on any atom is -0.507 e. The zero-order chi connectivity index (χ0) is 11.6. The van der Waals surface area contributed by atoms with E-state index in [4.69, 9.17) is 0 Å². The van der Waals surface area contributed by atoms with Crippen molar-refractivity contribution in [2.24, 2.45) is 0 Å². The maximum absolute atomic E-state index is 11.0. The molecule has 0 spiro atoms. The Hall–Kier alpha value is -1.51. The van der Waals surface area contributed by atoms with E-state index < -0.39 is 5.97 Å². The number of hydrogen-bond donors (Lipinski definition) is 1. The van der Waals surface area contributed by atoms with Crippen molar-refractivity contribution >= 4 is 5.97 Å². The van der Waals surface area contributed by atoms with Crippen LogP contribution in [0.5, 0.6) is 0 Å². The molecule has 0 atom stereocenters. The summed E-state index contributed by atoms with van der Waals surface area (Å²) in [4.78, 5) is 11.0. The van der Waals surface area contributed by atoms with Gasteiger partial charge in [0.25, 0.3) is 0 Å². The van der Waals surface area contributed by atoms with Crippen LogP contribution < -0.4 is 0 Å². The van der Waals surface area contributed by atoms with Gasteiger partial charge < -0.3 is 9.84 Å². The van der Waals surface area contributed by atoms with Crippen molar-refractivity contribution in [1.29, 1.82) is 0 Å². The van der Waals surface area contributed by atoms with Gasteiger partial charge >= 0.3 is 5.97 Å². The summed E-state index contributed by atoms with van der Waals surface area (Å²) in [6.07, 6.45) is 4.21. The normalized spacial score (nSPS) is 11.1. The molecule has 1 N–H and O–H groups in total. The fourth-order valence-electron chi connectivity index (χ4n) is 0.641. The van der Waals surface area contributed by atoms with Crippen molar-refractivity contribution in [3.05, 3.63) is 36.1 Å². The fraction of sp³-hybridized carbons (Fsp3) is 0.364. The Kier molecular flexibility index (Phi) is 10.3. The van der Waals surface area contributed by atoms with E-state index in [-0.39, 0.29) is 11.3 Å². The van der Waals surface area contributed by atoms with Gasteiger partial charge in [-0.15, -0.1) is 0 Å². The van der Waals surface area contributed by atoms with Crippen LogP contribution in [0.4, 0.5) is 0 Å². The van der Waals surface area contributed by atoms with Gasteiger partial charge in [0, 0.05) is 0 Å². The molecule has 0 unspecified atom stereocenters. The maximum atomic E-state index is 11.0. The molecule has 3 heteroatoms. The van der Waals surface area contributed by atoms with E-state index in [1.807, 2.05) is 13.8 Å². The fourth-order valence-corrected chi connectivity index (χ4v) is 0.641. The van der Waals surface area contributed by atoms with Crippen LogP contribution in [-0.4, -0.2) is 18.2 Å². The molecule has 0 aliphatic heterocycles. The van der Waals surface area contributed by atoms with Gasteiger partial charge in [-0.25, -0.2) is 4.79 Å². The van der Waals surface area contributed by atoms with Gasteiger partial charge in [-0.05, 0) is 19.1 Å². The van der Waals surface area contributed by atoms with Gasteiger partial charge in [0.05, 0.1) is 7.11 Å². The summed E-state index contributed by atoms with van der Waals surface area (Å²) < 4.78 is 4.43. The first-order valence-corrected chi connectivity index (χ1v) is 4.44. The number of carbonyl (C=O) groups excluding carboxylic acids is 1. The highest BCUT2D eigenvalue weighted by Crippen LogP contribution is 2.08. The van der Waals surface area contributed by atoms with Crippen molar-refractivity contribution in [3.63, 3.8) is 0 Å². The number of carbonyl (C=O) groups is 1. The van der Waals surface area contributed by atoms with Crippen LogP contribution in [0.15, 0.2) is 36.1 Å². The number of aliphatic hydroxyl groups is 1. The Bertz CT molecular complexity index is 237. The molecule has 0 aliphatic carbocycles.